The lowest BCUT2D eigenvalue weighted by atomic mass is 10.1. The van der Waals surface area contributed by atoms with E-state index in [0.29, 0.717) is 22.8 Å². The van der Waals surface area contributed by atoms with Crippen molar-refractivity contribution < 1.29 is 36.9 Å². The van der Waals surface area contributed by atoms with Crippen LogP contribution in [0.3, 0.4) is 0 Å². The standard InChI is InChI=1S/C24H24FNO7S/c1-30-19-12-7-16(6-5-15-13-20(31-2)24(33-4)21(14-15)32-3)23(22(19)25)26-34(28,29)18-10-8-17(27)9-11-18/h5-14,26-27H,1-4H3. The highest BCUT2D eigenvalue weighted by Crippen LogP contribution is 2.39. The van der Waals surface area contributed by atoms with E-state index in [2.05, 4.69) is 4.72 Å². The van der Waals surface area contributed by atoms with E-state index in [4.69, 9.17) is 18.9 Å². The molecule has 3 aromatic rings. The lowest BCUT2D eigenvalue weighted by Crippen LogP contribution is -2.15. The SMILES string of the molecule is COc1ccc(C=Cc2cc(OC)c(OC)c(OC)c2)c(NS(=O)(=O)c2ccc(O)cc2)c1F. The lowest BCUT2D eigenvalue weighted by molar-refractivity contribution is 0.324. The summed E-state index contributed by atoms with van der Waals surface area (Å²) in [5.41, 5.74) is 0.587. The first-order valence-electron chi connectivity index (χ1n) is 9.90. The zero-order valence-corrected chi connectivity index (χ0v) is 19.8. The second kappa shape index (κ2) is 10.3. The Hall–Kier alpha value is -3.92. The molecule has 0 radical (unpaired) electrons. The van der Waals surface area contributed by atoms with Gasteiger partial charge in [0.15, 0.2) is 23.1 Å². The van der Waals surface area contributed by atoms with Crippen LogP contribution in [0.15, 0.2) is 53.4 Å². The minimum Gasteiger partial charge on any atom is -0.508 e. The van der Waals surface area contributed by atoms with E-state index in [0.717, 1.165) is 0 Å². The molecule has 0 saturated carbocycles. The minimum absolute atomic E-state index is 0.0968. The van der Waals surface area contributed by atoms with Crippen LogP contribution in [0.5, 0.6) is 28.7 Å². The van der Waals surface area contributed by atoms with Gasteiger partial charge in [-0.2, -0.15) is 0 Å². The highest BCUT2D eigenvalue weighted by atomic mass is 32.2. The molecular weight excluding hydrogens is 465 g/mol. The van der Waals surface area contributed by atoms with Crippen LogP contribution in [0.4, 0.5) is 10.1 Å². The van der Waals surface area contributed by atoms with Gasteiger partial charge in [0.2, 0.25) is 5.75 Å². The van der Waals surface area contributed by atoms with Crippen LogP contribution in [0, 0.1) is 5.82 Å². The molecule has 3 rings (SSSR count). The molecule has 0 heterocycles. The molecule has 0 bridgehead atoms. The Balaban J connectivity index is 2.05. The van der Waals surface area contributed by atoms with Gasteiger partial charge in [0, 0.05) is 5.56 Å². The maximum atomic E-state index is 15.1. The van der Waals surface area contributed by atoms with Crippen molar-refractivity contribution in [3.05, 3.63) is 65.5 Å². The zero-order valence-electron chi connectivity index (χ0n) is 19.0. The van der Waals surface area contributed by atoms with Crippen LogP contribution in [-0.4, -0.2) is 42.0 Å². The van der Waals surface area contributed by atoms with Gasteiger partial charge in [-0.15, -0.1) is 0 Å². The van der Waals surface area contributed by atoms with Gasteiger partial charge in [0.25, 0.3) is 10.0 Å². The Kier molecular flexibility index (Phi) is 7.52. The van der Waals surface area contributed by atoms with E-state index in [1.54, 1.807) is 18.2 Å². The zero-order chi connectivity index (χ0) is 24.9. The number of sulfonamides is 1. The second-order valence-electron chi connectivity index (χ2n) is 6.94. The molecule has 2 N–H and O–H groups in total. The normalized spacial score (nSPS) is 11.3. The summed E-state index contributed by atoms with van der Waals surface area (Å²) in [5, 5.41) is 9.43. The molecule has 0 spiro atoms. The van der Waals surface area contributed by atoms with Gasteiger partial charge in [-0.1, -0.05) is 12.2 Å². The number of nitrogens with one attached hydrogen (secondary N) is 1. The molecule has 10 heteroatoms. The molecule has 0 aliphatic carbocycles. The number of hydrogen-bond acceptors (Lipinski definition) is 7. The molecule has 0 unspecified atom stereocenters. The third-order valence-electron chi connectivity index (χ3n) is 4.88. The van der Waals surface area contributed by atoms with E-state index in [9.17, 15) is 13.5 Å². The molecule has 0 saturated heterocycles. The van der Waals surface area contributed by atoms with Gasteiger partial charge in [-0.25, -0.2) is 12.8 Å². The van der Waals surface area contributed by atoms with E-state index in [1.165, 1.54) is 70.9 Å². The topological polar surface area (TPSA) is 103 Å². The number of hydrogen-bond donors (Lipinski definition) is 2. The number of rotatable bonds is 9. The summed E-state index contributed by atoms with van der Waals surface area (Å²) >= 11 is 0. The summed E-state index contributed by atoms with van der Waals surface area (Å²) in [7, 11) is 1.58. The summed E-state index contributed by atoms with van der Waals surface area (Å²) in [6.45, 7) is 0. The van der Waals surface area contributed by atoms with Crippen molar-refractivity contribution in [2.24, 2.45) is 0 Å². The molecule has 0 amide bonds. The highest BCUT2D eigenvalue weighted by Gasteiger charge is 2.21. The van der Waals surface area contributed by atoms with E-state index < -0.39 is 15.8 Å². The number of anilines is 1. The van der Waals surface area contributed by atoms with Crippen molar-refractivity contribution in [3.63, 3.8) is 0 Å². The van der Waals surface area contributed by atoms with Crippen molar-refractivity contribution in [2.45, 2.75) is 4.90 Å². The average Bonchev–Trinajstić information content (AvgIpc) is 2.83. The number of phenols is 1. The van der Waals surface area contributed by atoms with Gasteiger partial charge in [-0.3, -0.25) is 4.72 Å². The molecule has 8 nitrogen and oxygen atoms in total. The summed E-state index contributed by atoms with van der Waals surface area (Å²) in [4.78, 5) is -0.146. The molecule has 0 fully saturated rings. The maximum Gasteiger partial charge on any atom is 0.262 e. The second-order valence-corrected chi connectivity index (χ2v) is 8.62. The largest absolute Gasteiger partial charge is 0.508 e. The van der Waals surface area contributed by atoms with Crippen LogP contribution in [0.25, 0.3) is 12.2 Å². The van der Waals surface area contributed by atoms with Crippen molar-refractivity contribution in [1.29, 1.82) is 0 Å². The van der Waals surface area contributed by atoms with E-state index in [1.807, 2.05) is 0 Å². The van der Waals surface area contributed by atoms with Crippen LogP contribution >= 0.6 is 0 Å². The number of halogens is 1. The molecule has 0 aliphatic heterocycles. The maximum absolute atomic E-state index is 15.1. The van der Waals surface area contributed by atoms with Crippen LogP contribution < -0.4 is 23.7 Å². The van der Waals surface area contributed by atoms with Crippen molar-refractivity contribution in [2.75, 3.05) is 33.2 Å². The Morgan fingerprint density at radius 1 is 0.824 bits per heavy atom. The number of aromatic hydroxyl groups is 1. The fraction of sp³-hybridized carbons (Fsp3) is 0.167. The van der Waals surface area contributed by atoms with Gasteiger partial charge >= 0.3 is 0 Å². The summed E-state index contributed by atoms with van der Waals surface area (Å²) in [6, 6.07) is 11.2. The average molecular weight is 490 g/mol. The van der Waals surface area contributed by atoms with Crippen molar-refractivity contribution >= 4 is 27.9 Å². The molecular formula is C24H24FNO7S. The van der Waals surface area contributed by atoms with Gasteiger partial charge in [0.1, 0.15) is 5.75 Å². The fourth-order valence-corrected chi connectivity index (χ4v) is 4.26. The van der Waals surface area contributed by atoms with Crippen LogP contribution in [0.2, 0.25) is 0 Å². The van der Waals surface area contributed by atoms with Gasteiger partial charge in [0.05, 0.1) is 39.0 Å². The summed E-state index contributed by atoms with van der Waals surface area (Å²) < 4.78 is 64.1. The number of phenolic OH excluding ortho intramolecular Hbond substituents is 1. The van der Waals surface area contributed by atoms with Crippen LogP contribution in [-0.2, 0) is 10.0 Å². The third-order valence-corrected chi connectivity index (χ3v) is 6.25. The lowest BCUT2D eigenvalue weighted by Gasteiger charge is -2.15. The first-order chi connectivity index (χ1) is 16.2. The van der Waals surface area contributed by atoms with Gasteiger partial charge < -0.3 is 24.1 Å². The Labute approximate surface area is 197 Å². The number of ether oxygens (including phenoxy) is 4. The first kappa shape index (κ1) is 24.7. The predicted octanol–water partition coefficient (Wildman–Crippen LogP) is 4.54. The Morgan fingerprint density at radius 2 is 1.41 bits per heavy atom. The summed E-state index contributed by atoms with van der Waals surface area (Å²) in [5.74, 6) is 0.164. The molecule has 0 atom stereocenters. The predicted molar refractivity (Wildman–Crippen MR) is 127 cm³/mol. The molecule has 180 valence electrons. The third kappa shape index (κ3) is 5.18. The smallest absolute Gasteiger partial charge is 0.262 e. The Morgan fingerprint density at radius 3 is 1.94 bits per heavy atom. The highest BCUT2D eigenvalue weighted by molar-refractivity contribution is 7.92. The van der Waals surface area contributed by atoms with E-state index in [-0.39, 0.29) is 27.6 Å². The van der Waals surface area contributed by atoms with Gasteiger partial charge in [-0.05, 0) is 54.1 Å². The fourth-order valence-electron chi connectivity index (χ4n) is 3.17. The van der Waals surface area contributed by atoms with Crippen molar-refractivity contribution in [1.82, 2.24) is 0 Å². The molecule has 3 aromatic carbocycles. The quantitative estimate of drug-likeness (QED) is 0.426. The molecule has 0 aliphatic rings. The molecule has 34 heavy (non-hydrogen) atoms. The number of benzene rings is 3. The van der Waals surface area contributed by atoms with Crippen molar-refractivity contribution in [3.8, 4) is 28.7 Å². The summed E-state index contributed by atoms with van der Waals surface area (Å²) in [6.07, 6.45) is 3.18. The van der Waals surface area contributed by atoms with E-state index >= 15 is 4.39 Å². The monoisotopic (exact) mass is 489 g/mol. The minimum atomic E-state index is -4.16. The van der Waals surface area contributed by atoms with Crippen LogP contribution in [0.1, 0.15) is 11.1 Å². The Bertz CT molecular complexity index is 1280. The number of methoxy groups -OCH3 is 4. The first-order valence-corrected chi connectivity index (χ1v) is 11.4. The molecule has 0 aromatic heterocycles.